The van der Waals surface area contributed by atoms with Gasteiger partial charge in [-0.3, -0.25) is 9.78 Å². The normalized spacial score (nSPS) is 10.7. The molecule has 3 N–H and O–H groups in total. The number of hydrogen-bond acceptors (Lipinski definition) is 4. The topological polar surface area (TPSA) is 85.3 Å². The van der Waals surface area contributed by atoms with Crippen LogP contribution in [0.3, 0.4) is 0 Å². The van der Waals surface area contributed by atoms with Gasteiger partial charge in [0.05, 0.1) is 34.8 Å². The van der Waals surface area contributed by atoms with Gasteiger partial charge in [-0.1, -0.05) is 11.6 Å². The van der Waals surface area contributed by atoms with Crippen LogP contribution in [0, 0.1) is 0 Å². The van der Waals surface area contributed by atoms with Crippen molar-refractivity contribution in [2.24, 2.45) is 0 Å². The minimum Gasteiger partial charge on any atom is -0.397 e. The predicted molar refractivity (Wildman–Crippen MR) is 76.8 cm³/mol. The lowest BCUT2D eigenvalue weighted by Gasteiger charge is -2.07. The van der Waals surface area contributed by atoms with Gasteiger partial charge >= 0.3 is 0 Å². The van der Waals surface area contributed by atoms with E-state index in [2.05, 4.69) is 15.4 Å². The zero-order chi connectivity index (χ0) is 14.1. The van der Waals surface area contributed by atoms with Crippen LogP contribution >= 0.6 is 11.6 Å². The molecule has 3 aromatic rings. The van der Waals surface area contributed by atoms with E-state index in [0.29, 0.717) is 27.5 Å². The van der Waals surface area contributed by atoms with Crippen LogP contribution in [-0.2, 0) is 0 Å². The second kappa shape index (κ2) is 4.82. The Morgan fingerprint density at radius 2 is 2.20 bits per heavy atom. The predicted octanol–water partition coefficient (Wildman–Crippen LogP) is 2.22. The summed E-state index contributed by atoms with van der Waals surface area (Å²) in [4.78, 5) is 16.2. The molecule has 0 fully saturated rings. The summed E-state index contributed by atoms with van der Waals surface area (Å²) in [5, 5.41) is 7.29. The number of nitrogen functional groups attached to an aromatic ring is 1. The lowest BCUT2D eigenvalue weighted by Crippen LogP contribution is -2.13. The molecule has 6 nitrogen and oxygen atoms in total. The van der Waals surface area contributed by atoms with E-state index in [1.54, 1.807) is 41.3 Å². The van der Waals surface area contributed by atoms with Crippen molar-refractivity contribution >= 4 is 34.4 Å². The number of anilines is 2. The molecular weight excluding hydrogens is 278 g/mol. The number of carbonyl (C=O) groups is 1. The number of nitrogens with zero attached hydrogens (tertiary/aromatic N) is 3. The van der Waals surface area contributed by atoms with Gasteiger partial charge in [0.1, 0.15) is 0 Å². The molecule has 7 heteroatoms. The summed E-state index contributed by atoms with van der Waals surface area (Å²) < 4.78 is 1.57. The molecule has 0 radical (unpaired) electrons. The molecule has 100 valence electrons. The molecule has 0 saturated carbocycles. The number of hydrogen-bond donors (Lipinski definition) is 2. The van der Waals surface area contributed by atoms with E-state index in [0.717, 1.165) is 0 Å². The number of benzene rings is 1. The van der Waals surface area contributed by atoms with E-state index in [1.165, 1.54) is 6.20 Å². The zero-order valence-electron chi connectivity index (χ0n) is 10.2. The summed E-state index contributed by atoms with van der Waals surface area (Å²) in [6.07, 6.45) is 6.31. The second-order valence-electron chi connectivity index (χ2n) is 4.15. The van der Waals surface area contributed by atoms with Gasteiger partial charge in [0.25, 0.3) is 5.91 Å². The van der Waals surface area contributed by atoms with Crippen molar-refractivity contribution in [1.29, 1.82) is 0 Å². The van der Waals surface area contributed by atoms with Gasteiger partial charge in [0, 0.05) is 17.4 Å². The Bertz CT molecular complexity index is 798. The number of carbonyl (C=O) groups excluding carboxylic acids is 1. The van der Waals surface area contributed by atoms with Crippen LogP contribution < -0.4 is 11.1 Å². The van der Waals surface area contributed by atoms with E-state index in [1.807, 2.05) is 0 Å². The minimum atomic E-state index is -0.318. The summed E-state index contributed by atoms with van der Waals surface area (Å²) in [5.41, 5.74) is 7.73. The largest absolute Gasteiger partial charge is 0.397 e. The number of nitrogens with two attached hydrogens (primary N) is 1. The summed E-state index contributed by atoms with van der Waals surface area (Å²) in [7, 11) is 0. The fourth-order valence-corrected chi connectivity index (χ4v) is 2.01. The molecule has 1 amide bonds. The van der Waals surface area contributed by atoms with Crippen LogP contribution in [0.5, 0.6) is 0 Å². The first kappa shape index (κ1) is 12.4. The Hall–Kier alpha value is -2.60. The smallest absolute Gasteiger partial charge is 0.259 e. The molecule has 0 aliphatic carbocycles. The maximum Gasteiger partial charge on any atom is 0.259 e. The highest BCUT2D eigenvalue weighted by Crippen LogP contribution is 2.24. The number of rotatable bonds is 2. The lowest BCUT2D eigenvalue weighted by atomic mass is 10.2. The monoisotopic (exact) mass is 287 g/mol. The molecule has 20 heavy (non-hydrogen) atoms. The van der Waals surface area contributed by atoms with Crippen molar-refractivity contribution in [3.05, 3.63) is 53.6 Å². The highest BCUT2D eigenvalue weighted by atomic mass is 35.5. The molecule has 0 atom stereocenters. The lowest BCUT2D eigenvalue weighted by molar-refractivity contribution is 0.102. The van der Waals surface area contributed by atoms with Crippen molar-refractivity contribution in [3.63, 3.8) is 0 Å². The summed E-state index contributed by atoms with van der Waals surface area (Å²) >= 11 is 5.89. The van der Waals surface area contributed by atoms with Crippen LogP contribution in [0.1, 0.15) is 10.4 Å². The Balaban J connectivity index is 1.95. The van der Waals surface area contributed by atoms with Gasteiger partial charge in [0.15, 0.2) is 0 Å². The van der Waals surface area contributed by atoms with Crippen LogP contribution in [0.4, 0.5) is 11.4 Å². The van der Waals surface area contributed by atoms with Gasteiger partial charge in [-0.05, 0) is 18.2 Å². The Kier molecular flexibility index (Phi) is 3.00. The van der Waals surface area contributed by atoms with Crippen LogP contribution in [0.15, 0.2) is 43.0 Å². The highest BCUT2D eigenvalue weighted by Gasteiger charge is 2.14. The second-order valence-corrected chi connectivity index (χ2v) is 4.59. The molecule has 0 spiro atoms. The first-order valence-corrected chi connectivity index (χ1v) is 6.16. The molecule has 0 saturated heterocycles. The van der Waals surface area contributed by atoms with Crippen LogP contribution in [0.25, 0.3) is 5.52 Å². The molecule has 0 unspecified atom stereocenters. The fraction of sp³-hybridized carbons (Fsp3) is 0. The number of aromatic nitrogens is 3. The highest BCUT2D eigenvalue weighted by molar-refractivity contribution is 6.31. The maximum atomic E-state index is 12.3. The Labute approximate surface area is 119 Å². The number of nitrogens with one attached hydrogen (secondary N) is 1. The first-order valence-electron chi connectivity index (χ1n) is 5.79. The third-order valence-corrected chi connectivity index (χ3v) is 3.07. The van der Waals surface area contributed by atoms with Gasteiger partial charge in [-0.25, -0.2) is 4.52 Å². The number of amides is 1. The molecule has 2 aromatic heterocycles. The van der Waals surface area contributed by atoms with Crippen LogP contribution in [0.2, 0.25) is 5.02 Å². The Morgan fingerprint density at radius 1 is 1.35 bits per heavy atom. The van der Waals surface area contributed by atoms with Crippen molar-refractivity contribution < 1.29 is 4.79 Å². The standard InChI is InChI=1S/C13H10ClN5O/c14-8-1-2-10(15)11(5-8)18-13(20)9-6-17-19-4-3-16-7-12(9)19/h1-7H,15H2,(H,18,20). The van der Waals surface area contributed by atoms with Crippen molar-refractivity contribution in [3.8, 4) is 0 Å². The van der Waals surface area contributed by atoms with E-state index in [-0.39, 0.29) is 5.91 Å². The first-order chi connectivity index (χ1) is 9.65. The maximum absolute atomic E-state index is 12.3. The average Bonchev–Trinajstić information content (AvgIpc) is 2.87. The van der Waals surface area contributed by atoms with Crippen molar-refractivity contribution in [1.82, 2.24) is 14.6 Å². The zero-order valence-corrected chi connectivity index (χ0v) is 11.0. The van der Waals surface area contributed by atoms with Gasteiger partial charge in [-0.15, -0.1) is 0 Å². The summed E-state index contributed by atoms with van der Waals surface area (Å²) in [6, 6.07) is 4.89. The third-order valence-electron chi connectivity index (χ3n) is 2.83. The molecular formula is C13H10ClN5O. The third kappa shape index (κ3) is 2.17. The van der Waals surface area contributed by atoms with E-state index in [9.17, 15) is 4.79 Å². The fourth-order valence-electron chi connectivity index (χ4n) is 1.84. The van der Waals surface area contributed by atoms with Crippen molar-refractivity contribution in [2.45, 2.75) is 0 Å². The van der Waals surface area contributed by atoms with E-state index in [4.69, 9.17) is 17.3 Å². The number of halogens is 1. The molecule has 0 aliphatic heterocycles. The van der Waals surface area contributed by atoms with Crippen LogP contribution in [-0.4, -0.2) is 20.5 Å². The SMILES string of the molecule is Nc1ccc(Cl)cc1NC(=O)c1cnn2ccncc12. The molecule has 1 aromatic carbocycles. The quantitative estimate of drug-likeness (QED) is 0.708. The summed E-state index contributed by atoms with van der Waals surface area (Å²) in [6.45, 7) is 0. The van der Waals surface area contributed by atoms with E-state index >= 15 is 0 Å². The van der Waals surface area contributed by atoms with E-state index < -0.39 is 0 Å². The average molecular weight is 288 g/mol. The van der Waals surface area contributed by atoms with Gasteiger partial charge < -0.3 is 11.1 Å². The van der Waals surface area contributed by atoms with Crippen molar-refractivity contribution in [2.75, 3.05) is 11.1 Å². The Morgan fingerprint density at radius 3 is 3.05 bits per heavy atom. The number of fused-ring (bicyclic) bond motifs is 1. The molecule has 2 heterocycles. The molecule has 0 bridgehead atoms. The summed E-state index contributed by atoms with van der Waals surface area (Å²) in [5.74, 6) is -0.318. The van der Waals surface area contributed by atoms with Gasteiger partial charge in [0.2, 0.25) is 0 Å². The molecule has 3 rings (SSSR count). The molecule has 0 aliphatic rings. The van der Waals surface area contributed by atoms with Gasteiger partial charge in [-0.2, -0.15) is 5.10 Å². The minimum absolute atomic E-state index is 0.318.